The summed E-state index contributed by atoms with van der Waals surface area (Å²) in [5.41, 5.74) is 0. The van der Waals surface area contributed by atoms with E-state index in [1.165, 1.54) is 0 Å². The van der Waals surface area contributed by atoms with Crippen molar-refractivity contribution in [2.45, 2.75) is 44.3 Å². The first-order valence-electron chi connectivity index (χ1n) is 6.06. The number of hydrogen-bond donors (Lipinski definition) is 2. The standard InChI is InChI=1S/C10H19F3N2O2S/c11-10(12,13)5-3-7-15-18(16,17)8-9-4-1-2-6-14-9/h9,14-15H,1-8H2. The molecule has 108 valence electrons. The number of piperidine rings is 1. The molecule has 0 amide bonds. The first-order chi connectivity index (χ1) is 8.29. The van der Waals surface area contributed by atoms with Crippen molar-refractivity contribution < 1.29 is 21.6 Å². The normalized spacial score (nSPS) is 22.1. The van der Waals surface area contributed by atoms with Crippen molar-refractivity contribution >= 4 is 10.0 Å². The van der Waals surface area contributed by atoms with Gasteiger partial charge in [0.05, 0.1) is 5.75 Å². The Morgan fingerprint density at radius 1 is 1.28 bits per heavy atom. The molecule has 8 heteroatoms. The first-order valence-corrected chi connectivity index (χ1v) is 7.71. The van der Waals surface area contributed by atoms with Crippen LogP contribution in [-0.2, 0) is 10.0 Å². The van der Waals surface area contributed by atoms with Crippen LogP contribution in [0, 0.1) is 0 Å². The Bertz CT molecular complexity index is 338. The van der Waals surface area contributed by atoms with Gasteiger partial charge in [-0.05, 0) is 25.8 Å². The van der Waals surface area contributed by atoms with Crippen molar-refractivity contribution in [1.82, 2.24) is 10.0 Å². The second-order valence-electron chi connectivity index (χ2n) is 4.54. The third kappa shape index (κ3) is 7.17. The zero-order valence-electron chi connectivity index (χ0n) is 10.1. The third-order valence-electron chi connectivity index (χ3n) is 2.79. The van der Waals surface area contributed by atoms with Crippen LogP contribution in [0.3, 0.4) is 0 Å². The fraction of sp³-hybridized carbons (Fsp3) is 1.00. The van der Waals surface area contributed by atoms with Crippen LogP contribution in [0.5, 0.6) is 0 Å². The predicted octanol–water partition coefficient (Wildman–Crippen LogP) is 1.39. The lowest BCUT2D eigenvalue weighted by molar-refractivity contribution is -0.135. The highest BCUT2D eigenvalue weighted by Crippen LogP contribution is 2.20. The summed E-state index contributed by atoms with van der Waals surface area (Å²) in [7, 11) is -3.48. The van der Waals surface area contributed by atoms with E-state index in [9.17, 15) is 21.6 Å². The predicted molar refractivity (Wildman–Crippen MR) is 62.7 cm³/mol. The lowest BCUT2D eigenvalue weighted by Gasteiger charge is -2.23. The van der Waals surface area contributed by atoms with Crippen LogP contribution in [-0.4, -0.2) is 39.5 Å². The molecular formula is C10H19F3N2O2S. The van der Waals surface area contributed by atoms with Gasteiger partial charge in [-0.3, -0.25) is 0 Å². The fourth-order valence-corrected chi connectivity index (χ4v) is 3.29. The van der Waals surface area contributed by atoms with E-state index in [1.807, 2.05) is 0 Å². The monoisotopic (exact) mass is 288 g/mol. The van der Waals surface area contributed by atoms with E-state index in [2.05, 4.69) is 10.0 Å². The van der Waals surface area contributed by atoms with Gasteiger partial charge in [-0.15, -0.1) is 0 Å². The summed E-state index contributed by atoms with van der Waals surface area (Å²) in [6.07, 6.45) is -2.59. The Kier molecular flexibility index (Phi) is 5.87. The summed E-state index contributed by atoms with van der Waals surface area (Å²) in [6, 6.07) is -0.0844. The van der Waals surface area contributed by atoms with Crippen molar-refractivity contribution in [3.8, 4) is 0 Å². The number of halogens is 3. The van der Waals surface area contributed by atoms with Gasteiger partial charge in [0.15, 0.2) is 0 Å². The average Bonchev–Trinajstić information content (AvgIpc) is 2.24. The van der Waals surface area contributed by atoms with Gasteiger partial charge in [0.2, 0.25) is 10.0 Å². The molecule has 0 spiro atoms. The molecule has 0 aromatic heterocycles. The molecule has 4 nitrogen and oxygen atoms in total. The maximum Gasteiger partial charge on any atom is 0.389 e. The Balaban J connectivity index is 2.22. The maximum absolute atomic E-state index is 11.9. The molecule has 1 aliphatic heterocycles. The zero-order chi connectivity index (χ0) is 13.6. The summed E-state index contributed by atoms with van der Waals surface area (Å²) in [6.45, 7) is 0.642. The molecule has 1 unspecified atom stereocenters. The van der Waals surface area contributed by atoms with Crippen LogP contribution in [0.2, 0.25) is 0 Å². The lowest BCUT2D eigenvalue weighted by Crippen LogP contribution is -2.42. The van der Waals surface area contributed by atoms with Crippen molar-refractivity contribution in [3.63, 3.8) is 0 Å². The fourth-order valence-electron chi connectivity index (χ4n) is 1.91. The van der Waals surface area contributed by atoms with Gasteiger partial charge in [-0.25, -0.2) is 13.1 Å². The van der Waals surface area contributed by atoms with E-state index < -0.39 is 22.6 Å². The van der Waals surface area contributed by atoms with E-state index in [1.54, 1.807) is 0 Å². The van der Waals surface area contributed by atoms with Crippen molar-refractivity contribution in [1.29, 1.82) is 0 Å². The minimum Gasteiger partial charge on any atom is -0.313 e. The molecule has 2 N–H and O–H groups in total. The van der Waals surface area contributed by atoms with E-state index in [0.29, 0.717) is 0 Å². The van der Waals surface area contributed by atoms with Crippen LogP contribution in [0.15, 0.2) is 0 Å². The molecule has 0 bridgehead atoms. The number of nitrogens with one attached hydrogen (secondary N) is 2. The van der Waals surface area contributed by atoms with Gasteiger partial charge in [0.1, 0.15) is 0 Å². The Morgan fingerprint density at radius 3 is 2.56 bits per heavy atom. The summed E-state index contributed by atoms with van der Waals surface area (Å²) < 4.78 is 61.0. The average molecular weight is 288 g/mol. The van der Waals surface area contributed by atoms with Gasteiger partial charge in [0.25, 0.3) is 0 Å². The van der Waals surface area contributed by atoms with Gasteiger partial charge in [-0.2, -0.15) is 13.2 Å². The van der Waals surface area contributed by atoms with Gasteiger partial charge in [-0.1, -0.05) is 6.42 Å². The van der Waals surface area contributed by atoms with E-state index in [-0.39, 0.29) is 24.8 Å². The minimum atomic E-state index is -4.23. The molecule has 0 aromatic rings. The van der Waals surface area contributed by atoms with E-state index >= 15 is 0 Å². The molecule has 0 aliphatic carbocycles. The van der Waals surface area contributed by atoms with Crippen LogP contribution in [0.1, 0.15) is 32.1 Å². The number of sulfonamides is 1. The molecule has 1 saturated heterocycles. The van der Waals surface area contributed by atoms with Gasteiger partial charge < -0.3 is 5.32 Å². The SMILES string of the molecule is O=S(=O)(CC1CCCCN1)NCCCC(F)(F)F. The van der Waals surface area contributed by atoms with Gasteiger partial charge >= 0.3 is 6.18 Å². The number of alkyl halides is 3. The summed E-state index contributed by atoms with van der Waals surface area (Å²) in [4.78, 5) is 0. The molecule has 18 heavy (non-hydrogen) atoms. The molecule has 1 rings (SSSR count). The molecule has 0 aromatic carbocycles. The highest BCUT2D eigenvalue weighted by atomic mass is 32.2. The van der Waals surface area contributed by atoms with E-state index in [4.69, 9.17) is 0 Å². The van der Waals surface area contributed by atoms with Gasteiger partial charge in [0, 0.05) is 19.0 Å². The van der Waals surface area contributed by atoms with Crippen LogP contribution >= 0.6 is 0 Å². The first kappa shape index (κ1) is 15.7. The highest BCUT2D eigenvalue weighted by molar-refractivity contribution is 7.89. The Morgan fingerprint density at radius 2 is 2.00 bits per heavy atom. The second kappa shape index (κ2) is 6.72. The lowest BCUT2D eigenvalue weighted by atomic mass is 10.1. The zero-order valence-corrected chi connectivity index (χ0v) is 10.9. The Hall–Kier alpha value is -0.340. The number of hydrogen-bond acceptors (Lipinski definition) is 3. The molecule has 0 radical (unpaired) electrons. The minimum absolute atomic E-state index is 0.0565. The van der Waals surface area contributed by atoms with Crippen LogP contribution in [0.4, 0.5) is 13.2 Å². The van der Waals surface area contributed by atoms with E-state index in [0.717, 1.165) is 25.8 Å². The molecule has 1 atom stereocenters. The molecule has 1 aliphatic rings. The van der Waals surface area contributed by atoms with Crippen molar-refractivity contribution in [2.24, 2.45) is 0 Å². The summed E-state index contributed by atoms with van der Waals surface area (Å²) in [5.74, 6) is -0.0565. The smallest absolute Gasteiger partial charge is 0.313 e. The quantitative estimate of drug-likeness (QED) is 0.726. The van der Waals surface area contributed by atoms with Crippen LogP contribution < -0.4 is 10.0 Å². The van der Waals surface area contributed by atoms with Crippen molar-refractivity contribution in [3.05, 3.63) is 0 Å². The number of rotatable bonds is 6. The highest BCUT2D eigenvalue weighted by Gasteiger charge is 2.26. The summed E-state index contributed by atoms with van der Waals surface area (Å²) in [5, 5.41) is 3.09. The summed E-state index contributed by atoms with van der Waals surface area (Å²) >= 11 is 0. The topological polar surface area (TPSA) is 58.2 Å². The van der Waals surface area contributed by atoms with Crippen molar-refractivity contribution in [2.75, 3.05) is 18.8 Å². The second-order valence-corrected chi connectivity index (χ2v) is 6.39. The third-order valence-corrected chi connectivity index (χ3v) is 4.28. The Labute approximate surface area is 105 Å². The molecule has 1 fully saturated rings. The molecule has 1 heterocycles. The molecular weight excluding hydrogens is 269 g/mol. The molecule has 0 saturated carbocycles. The maximum atomic E-state index is 11.9. The largest absolute Gasteiger partial charge is 0.389 e. The van der Waals surface area contributed by atoms with Crippen LogP contribution in [0.25, 0.3) is 0 Å².